The van der Waals surface area contributed by atoms with Crippen molar-refractivity contribution < 1.29 is 23.9 Å². The molecule has 13 heteroatoms. The molecule has 1 saturated heterocycles. The van der Waals surface area contributed by atoms with Gasteiger partial charge in [-0.05, 0) is 61.3 Å². The first-order chi connectivity index (χ1) is 26.3. The number of amides is 4. The number of allylic oxidation sites excluding steroid dienone is 2. The molecule has 272 valence electrons. The summed E-state index contributed by atoms with van der Waals surface area (Å²) < 4.78 is 10.0. The Hall–Kier alpha value is -5.97. The minimum Gasteiger partial charge on any atom is -0.369 e. The standard InChI is InChI=1S/C41H37N7O5S/c1-25(29-13-9-14-30-37(29)40(52)48(39(30)51)33-16-18-36(49)43-38(33)50)10-5-4-8-19-46-22-28(21-42-46)15-17-34-31(20-27-11-6-3-7-12-27)32-23-53-24-35-45-44-26(2)47(35)41(32)54-34/h3,5-7,9-14,21-22,25,33H,4,8,16,18-20,23-24H2,1-2H3,(H,43,49,50)/b10-5+. The highest BCUT2D eigenvalue weighted by atomic mass is 32.1. The summed E-state index contributed by atoms with van der Waals surface area (Å²) in [6.07, 6.45) is 10.4. The van der Waals surface area contributed by atoms with Crippen molar-refractivity contribution in [3.63, 3.8) is 0 Å². The smallest absolute Gasteiger partial charge is 0.262 e. The van der Waals surface area contributed by atoms with E-state index in [0.717, 1.165) is 67.9 Å². The summed E-state index contributed by atoms with van der Waals surface area (Å²) in [5.41, 5.74) is 5.66. The van der Waals surface area contributed by atoms with Crippen molar-refractivity contribution in [2.45, 2.75) is 77.7 Å². The van der Waals surface area contributed by atoms with E-state index in [0.29, 0.717) is 25.3 Å². The molecular formula is C41H37N7O5S. The third-order valence-electron chi connectivity index (χ3n) is 10.0. The summed E-state index contributed by atoms with van der Waals surface area (Å²) in [5.74, 6) is 6.25. The molecule has 3 aliphatic heterocycles. The number of nitrogens with zero attached hydrogens (tertiary/aromatic N) is 6. The fraction of sp³-hybridized carbons (Fsp3) is 0.293. The average Bonchev–Trinajstić information content (AvgIpc) is 3.90. The second-order valence-electron chi connectivity index (χ2n) is 13.7. The molecule has 5 aromatic rings. The highest BCUT2D eigenvalue weighted by Gasteiger charge is 2.45. The number of aryl methyl sites for hydroxylation is 2. The number of carbonyl (C=O) groups excluding carboxylic acids is 4. The van der Waals surface area contributed by atoms with Gasteiger partial charge in [0.2, 0.25) is 11.8 Å². The van der Waals surface area contributed by atoms with Crippen LogP contribution in [0, 0.1) is 18.8 Å². The number of benzene rings is 2. The van der Waals surface area contributed by atoms with Crippen LogP contribution < -0.4 is 5.32 Å². The second-order valence-corrected chi connectivity index (χ2v) is 14.7. The van der Waals surface area contributed by atoms with E-state index < -0.39 is 29.7 Å². The maximum absolute atomic E-state index is 13.5. The van der Waals surface area contributed by atoms with E-state index in [1.165, 1.54) is 5.56 Å². The summed E-state index contributed by atoms with van der Waals surface area (Å²) in [4.78, 5) is 52.9. The largest absolute Gasteiger partial charge is 0.369 e. The Morgan fingerprint density at radius 2 is 1.89 bits per heavy atom. The molecule has 2 atom stereocenters. The van der Waals surface area contributed by atoms with Gasteiger partial charge in [0.05, 0.1) is 34.4 Å². The van der Waals surface area contributed by atoms with E-state index >= 15 is 0 Å². The lowest BCUT2D eigenvalue weighted by Gasteiger charge is -2.27. The van der Waals surface area contributed by atoms with E-state index in [1.54, 1.807) is 29.7 Å². The molecule has 54 heavy (non-hydrogen) atoms. The maximum atomic E-state index is 13.5. The molecule has 0 spiro atoms. The molecular weight excluding hydrogens is 703 g/mol. The van der Waals surface area contributed by atoms with Crippen LogP contribution in [0.5, 0.6) is 0 Å². The molecule has 1 fully saturated rings. The van der Waals surface area contributed by atoms with Gasteiger partial charge < -0.3 is 4.74 Å². The van der Waals surface area contributed by atoms with Crippen LogP contribution in [0.3, 0.4) is 0 Å². The zero-order valence-corrected chi connectivity index (χ0v) is 30.7. The van der Waals surface area contributed by atoms with Gasteiger partial charge in [-0.3, -0.25) is 38.6 Å². The molecule has 6 heterocycles. The van der Waals surface area contributed by atoms with Gasteiger partial charge in [0.25, 0.3) is 11.8 Å². The van der Waals surface area contributed by atoms with Crippen molar-refractivity contribution in [2.24, 2.45) is 0 Å². The van der Waals surface area contributed by atoms with E-state index in [2.05, 4.69) is 67.4 Å². The Kier molecular flexibility index (Phi) is 9.62. The van der Waals surface area contributed by atoms with Crippen LogP contribution in [-0.4, -0.2) is 59.1 Å². The fourth-order valence-corrected chi connectivity index (χ4v) is 8.53. The third kappa shape index (κ3) is 6.70. The number of rotatable bonds is 9. The van der Waals surface area contributed by atoms with Gasteiger partial charge in [-0.15, -0.1) is 21.5 Å². The highest BCUT2D eigenvalue weighted by Crippen LogP contribution is 2.37. The van der Waals surface area contributed by atoms with Crippen LogP contribution in [-0.2, 0) is 40.5 Å². The Bertz CT molecular complexity index is 2400. The molecule has 3 aliphatic rings. The molecule has 2 unspecified atom stereocenters. The number of nitrogens with one attached hydrogen (secondary N) is 1. The number of carbonyl (C=O) groups is 4. The number of piperidine rings is 1. The van der Waals surface area contributed by atoms with Crippen molar-refractivity contribution in [3.05, 3.63) is 129 Å². The SMILES string of the molecule is Cc1nnc2n1-c1sc(C#Cc3cnn(CCC/C=C/C(C)c4cccc5c4C(=O)N(C4CCC(=O)NC4=O)C5=O)c3)c(Cc3ccccc3)c1COC2. The van der Waals surface area contributed by atoms with Crippen molar-refractivity contribution in [3.8, 4) is 16.8 Å². The number of imide groups is 2. The second kappa shape index (κ2) is 14.8. The molecule has 2 aromatic carbocycles. The van der Waals surface area contributed by atoms with Crippen LogP contribution in [0.4, 0.5) is 0 Å². The van der Waals surface area contributed by atoms with Gasteiger partial charge in [-0.25, -0.2) is 0 Å². The van der Waals surface area contributed by atoms with Gasteiger partial charge in [0, 0.05) is 24.7 Å². The van der Waals surface area contributed by atoms with Crippen LogP contribution in [0.1, 0.15) is 104 Å². The number of aromatic nitrogens is 5. The molecule has 0 aliphatic carbocycles. The summed E-state index contributed by atoms with van der Waals surface area (Å²) >= 11 is 1.65. The maximum Gasteiger partial charge on any atom is 0.262 e. The molecule has 12 nitrogen and oxygen atoms in total. The molecule has 4 amide bonds. The molecule has 0 bridgehead atoms. The topological polar surface area (TPSA) is 141 Å². The zero-order chi connectivity index (χ0) is 37.3. The molecule has 0 radical (unpaired) electrons. The summed E-state index contributed by atoms with van der Waals surface area (Å²) in [6, 6.07) is 14.6. The number of unbranched alkanes of at least 4 members (excludes halogenated alkanes) is 1. The monoisotopic (exact) mass is 739 g/mol. The Labute approximate surface area is 315 Å². The normalized spacial score (nSPS) is 17.1. The van der Waals surface area contributed by atoms with E-state index in [4.69, 9.17) is 4.74 Å². The van der Waals surface area contributed by atoms with Crippen LogP contribution in [0.2, 0.25) is 0 Å². The molecule has 3 aromatic heterocycles. The van der Waals surface area contributed by atoms with Crippen molar-refractivity contribution >= 4 is 35.0 Å². The molecule has 8 rings (SSSR count). The lowest BCUT2D eigenvalue weighted by atomic mass is 9.92. The van der Waals surface area contributed by atoms with Crippen LogP contribution >= 0.6 is 11.3 Å². The zero-order valence-electron chi connectivity index (χ0n) is 29.9. The number of thiophene rings is 1. The summed E-state index contributed by atoms with van der Waals surface area (Å²) in [6.45, 7) is 5.53. The minimum atomic E-state index is -0.992. The summed E-state index contributed by atoms with van der Waals surface area (Å²) in [7, 11) is 0. The Morgan fingerprint density at radius 1 is 1.04 bits per heavy atom. The Balaban J connectivity index is 0.922. The van der Waals surface area contributed by atoms with E-state index in [9.17, 15) is 19.2 Å². The van der Waals surface area contributed by atoms with Gasteiger partial charge in [-0.2, -0.15) is 5.10 Å². The van der Waals surface area contributed by atoms with Gasteiger partial charge >= 0.3 is 0 Å². The number of hydrogen-bond donors (Lipinski definition) is 1. The number of ether oxygens (including phenoxy) is 1. The highest BCUT2D eigenvalue weighted by molar-refractivity contribution is 7.15. The number of hydrogen-bond acceptors (Lipinski definition) is 9. The molecule has 1 N–H and O–H groups in total. The van der Waals surface area contributed by atoms with Crippen molar-refractivity contribution in [1.82, 2.24) is 34.8 Å². The first kappa shape index (κ1) is 35.1. The number of fused-ring (bicyclic) bond motifs is 4. The minimum absolute atomic E-state index is 0.0815. The van der Waals surface area contributed by atoms with Gasteiger partial charge in [0.1, 0.15) is 23.5 Å². The first-order valence-corrected chi connectivity index (χ1v) is 18.8. The van der Waals surface area contributed by atoms with Crippen LogP contribution in [0.25, 0.3) is 5.00 Å². The average molecular weight is 740 g/mol. The molecule has 0 saturated carbocycles. The van der Waals surface area contributed by atoms with E-state index in [-0.39, 0.29) is 24.3 Å². The fourth-order valence-electron chi connectivity index (χ4n) is 7.29. The lowest BCUT2D eigenvalue weighted by Crippen LogP contribution is -2.54. The van der Waals surface area contributed by atoms with E-state index in [1.807, 2.05) is 42.9 Å². The first-order valence-electron chi connectivity index (χ1n) is 18.0. The predicted molar refractivity (Wildman–Crippen MR) is 200 cm³/mol. The quantitative estimate of drug-likeness (QED) is 0.0918. The lowest BCUT2D eigenvalue weighted by molar-refractivity contribution is -0.136. The van der Waals surface area contributed by atoms with Gasteiger partial charge in [-0.1, -0.05) is 73.4 Å². The van der Waals surface area contributed by atoms with Crippen molar-refractivity contribution in [1.29, 1.82) is 0 Å². The Morgan fingerprint density at radius 3 is 2.72 bits per heavy atom. The van der Waals surface area contributed by atoms with Crippen molar-refractivity contribution in [2.75, 3.05) is 0 Å². The predicted octanol–water partition coefficient (Wildman–Crippen LogP) is 5.40. The van der Waals surface area contributed by atoms with Crippen LogP contribution in [0.15, 0.2) is 73.1 Å². The summed E-state index contributed by atoms with van der Waals surface area (Å²) in [5, 5.41) is 16.5. The third-order valence-corrected chi connectivity index (χ3v) is 11.2. The van der Waals surface area contributed by atoms with Gasteiger partial charge in [0.15, 0.2) is 5.82 Å².